The molecule has 1 N–H and O–H groups in total. The van der Waals surface area contributed by atoms with Crippen molar-refractivity contribution in [2.75, 3.05) is 5.32 Å². The van der Waals surface area contributed by atoms with E-state index in [-0.39, 0.29) is 11.4 Å². The van der Waals surface area contributed by atoms with Crippen LogP contribution in [0.5, 0.6) is 0 Å². The number of nitrogens with zero attached hydrogens (tertiary/aromatic N) is 1. The second-order valence-electron chi connectivity index (χ2n) is 5.42. The third-order valence-corrected chi connectivity index (χ3v) is 4.50. The van der Waals surface area contributed by atoms with Crippen molar-refractivity contribution in [2.24, 2.45) is 0 Å². The van der Waals surface area contributed by atoms with E-state index in [9.17, 15) is 19.7 Å². The molecule has 2 aromatic carbocycles. The number of nitrogens with one attached hydrogen (secondary N) is 1. The molecule has 1 amide bonds. The third-order valence-electron chi connectivity index (χ3n) is 3.41. The number of nitro groups is 1. The second-order valence-corrected chi connectivity index (χ2v) is 6.83. The first kappa shape index (κ1) is 19.5. The normalized spacial score (nSPS) is 12.7. The number of benzene rings is 2. The number of carbonyl (C=O) groups is 2. The zero-order chi connectivity index (χ0) is 19.1. The van der Waals surface area contributed by atoms with Gasteiger partial charge in [0.05, 0.1) is 4.92 Å². The molecular formula is C18H18N2O5S. The van der Waals surface area contributed by atoms with E-state index in [1.54, 1.807) is 13.0 Å². The van der Waals surface area contributed by atoms with Gasteiger partial charge in [-0.3, -0.25) is 19.7 Å². The number of hydrogen-bond acceptors (Lipinski definition) is 6. The van der Waals surface area contributed by atoms with E-state index in [4.69, 9.17) is 4.74 Å². The standard InChI is InChI=1S/C18H18N2O5S/c1-12(17(21)19-15-10-6-7-11-16(15)20(23)24)25-18(22)13(2)26-14-8-4-3-5-9-14/h3-13H,1-2H3,(H,19,21)/t12-,13+/m0/s1. The zero-order valence-electron chi connectivity index (χ0n) is 14.2. The number of hydrogen-bond donors (Lipinski definition) is 1. The van der Waals surface area contributed by atoms with E-state index in [1.165, 1.54) is 36.9 Å². The largest absolute Gasteiger partial charge is 0.452 e. The van der Waals surface area contributed by atoms with Gasteiger partial charge in [0.15, 0.2) is 6.10 Å². The van der Waals surface area contributed by atoms with Crippen LogP contribution in [-0.4, -0.2) is 28.2 Å². The molecule has 0 aliphatic heterocycles. The van der Waals surface area contributed by atoms with Crippen LogP contribution in [0.25, 0.3) is 0 Å². The monoisotopic (exact) mass is 374 g/mol. The lowest BCUT2D eigenvalue weighted by Crippen LogP contribution is -2.32. The molecular weight excluding hydrogens is 356 g/mol. The lowest BCUT2D eigenvalue weighted by molar-refractivity contribution is -0.383. The summed E-state index contributed by atoms with van der Waals surface area (Å²) in [6, 6.07) is 15.1. The van der Waals surface area contributed by atoms with Crippen molar-refractivity contribution in [3.63, 3.8) is 0 Å². The van der Waals surface area contributed by atoms with E-state index < -0.39 is 28.2 Å². The topological polar surface area (TPSA) is 98.5 Å². The van der Waals surface area contributed by atoms with E-state index in [0.29, 0.717) is 0 Å². The highest BCUT2D eigenvalue weighted by molar-refractivity contribution is 8.00. The molecule has 0 bridgehead atoms. The van der Waals surface area contributed by atoms with Crippen LogP contribution in [0.15, 0.2) is 59.5 Å². The number of amides is 1. The Morgan fingerprint density at radius 3 is 2.35 bits per heavy atom. The highest BCUT2D eigenvalue weighted by Gasteiger charge is 2.24. The minimum absolute atomic E-state index is 0.0529. The molecule has 136 valence electrons. The lowest BCUT2D eigenvalue weighted by atomic mass is 10.2. The van der Waals surface area contributed by atoms with Crippen molar-refractivity contribution < 1.29 is 19.2 Å². The van der Waals surface area contributed by atoms with Crippen LogP contribution in [0.3, 0.4) is 0 Å². The predicted molar refractivity (Wildman–Crippen MR) is 99.0 cm³/mol. The van der Waals surface area contributed by atoms with Gasteiger partial charge in [0.2, 0.25) is 0 Å². The zero-order valence-corrected chi connectivity index (χ0v) is 15.1. The predicted octanol–water partition coefficient (Wildman–Crippen LogP) is 3.65. The lowest BCUT2D eigenvalue weighted by Gasteiger charge is -2.16. The smallest absolute Gasteiger partial charge is 0.319 e. The van der Waals surface area contributed by atoms with Crippen molar-refractivity contribution in [1.82, 2.24) is 0 Å². The van der Waals surface area contributed by atoms with Crippen LogP contribution in [0.2, 0.25) is 0 Å². The number of thioether (sulfide) groups is 1. The average Bonchev–Trinajstić information content (AvgIpc) is 2.62. The number of para-hydroxylation sites is 2. The first-order valence-corrected chi connectivity index (χ1v) is 8.73. The number of ether oxygens (including phenoxy) is 1. The van der Waals surface area contributed by atoms with Gasteiger partial charge in [-0.25, -0.2) is 0 Å². The van der Waals surface area contributed by atoms with Crippen LogP contribution in [-0.2, 0) is 14.3 Å². The Balaban J connectivity index is 1.94. The molecule has 0 heterocycles. The van der Waals surface area contributed by atoms with Gasteiger partial charge < -0.3 is 10.1 Å². The van der Waals surface area contributed by atoms with Gasteiger partial charge in [-0.05, 0) is 32.0 Å². The van der Waals surface area contributed by atoms with Crippen LogP contribution in [0.1, 0.15) is 13.8 Å². The first-order valence-electron chi connectivity index (χ1n) is 7.85. The van der Waals surface area contributed by atoms with Crippen molar-refractivity contribution in [3.05, 3.63) is 64.7 Å². The van der Waals surface area contributed by atoms with Gasteiger partial charge in [0.1, 0.15) is 10.9 Å². The van der Waals surface area contributed by atoms with Gasteiger partial charge in [-0.1, -0.05) is 30.3 Å². The molecule has 0 aromatic heterocycles. The molecule has 0 saturated carbocycles. The molecule has 0 fully saturated rings. The van der Waals surface area contributed by atoms with Gasteiger partial charge in [0.25, 0.3) is 11.6 Å². The molecule has 26 heavy (non-hydrogen) atoms. The van der Waals surface area contributed by atoms with E-state index >= 15 is 0 Å². The van der Waals surface area contributed by atoms with Crippen LogP contribution in [0.4, 0.5) is 11.4 Å². The number of esters is 1. The van der Waals surface area contributed by atoms with Crippen molar-refractivity contribution in [2.45, 2.75) is 30.1 Å². The summed E-state index contributed by atoms with van der Waals surface area (Å²) in [5.74, 6) is -1.17. The molecule has 0 saturated heterocycles. The average molecular weight is 374 g/mol. The number of anilines is 1. The Morgan fingerprint density at radius 2 is 1.69 bits per heavy atom. The van der Waals surface area contributed by atoms with Crippen molar-refractivity contribution in [3.8, 4) is 0 Å². The molecule has 2 aromatic rings. The summed E-state index contributed by atoms with van der Waals surface area (Å²) in [4.78, 5) is 35.6. The summed E-state index contributed by atoms with van der Waals surface area (Å²) in [6.45, 7) is 3.11. The Kier molecular flexibility index (Phi) is 6.74. The van der Waals surface area contributed by atoms with Crippen LogP contribution < -0.4 is 5.32 Å². The van der Waals surface area contributed by atoms with Gasteiger partial charge in [0, 0.05) is 11.0 Å². The summed E-state index contributed by atoms with van der Waals surface area (Å²) in [5, 5.41) is 12.9. The highest BCUT2D eigenvalue weighted by atomic mass is 32.2. The molecule has 2 rings (SSSR count). The molecule has 8 heteroatoms. The molecule has 2 atom stereocenters. The number of carbonyl (C=O) groups excluding carboxylic acids is 2. The van der Waals surface area contributed by atoms with Crippen LogP contribution >= 0.6 is 11.8 Å². The molecule has 0 radical (unpaired) electrons. The fourth-order valence-electron chi connectivity index (χ4n) is 2.05. The van der Waals surface area contributed by atoms with E-state index in [0.717, 1.165) is 4.90 Å². The highest BCUT2D eigenvalue weighted by Crippen LogP contribution is 2.25. The molecule has 0 unspecified atom stereocenters. The minimum atomic E-state index is -1.08. The summed E-state index contributed by atoms with van der Waals surface area (Å²) in [7, 11) is 0. The second kappa shape index (κ2) is 9.00. The number of nitro benzene ring substituents is 1. The summed E-state index contributed by atoms with van der Waals surface area (Å²) >= 11 is 1.32. The van der Waals surface area contributed by atoms with Gasteiger partial charge in [-0.2, -0.15) is 0 Å². The van der Waals surface area contributed by atoms with Crippen molar-refractivity contribution >= 4 is 35.0 Å². The molecule has 7 nitrogen and oxygen atoms in total. The minimum Gasteiger partial charge on any atom is -0.452 e. The van der Waals surface area contributed by atoms with E-state index in [2.05, 4.69) is 5.32 Å². The maximum Gasteiger partial charge on any atom is 0.319 e. The molecule has 0 spiro atoms. The van der Waals surface area contributed by atoms with Crippen LogP contribution in [0, 0.1) is 10.1 Å². The Hall–Kier alpha value is -2.87. The fourth-order valence-corrected chi connectivity index (χ4v) is 2.92. The van der Waals surface area contributed by atoms with E-state index in [1.807, 2.05) is 30.3 Å². The molecule has 0 aliphatic rings. The quantitative estimate of drug-likeness (QED) is 0.344. The maximum absolute atomic E-state index is 12.2. The van der Waals surface area contributed by atoms with Crippen molar-refractivity contribution in [1.29, 1.82) is 0 Å². The first-order chi connectivity index (χ1) is 12.4. The summed E-state index contributed by atoms with van der Waals surface area (Å²) in [6.07, 6.45) is -1.08. The Morgan fingerprint density at radius 1 is 1.08 bits per heavy atom. The summed E-state index contributed by atoms with van der Waals surface area (Å²) in [5.41, 5.74) is -0.176. The Labute approximate surface area is 154 Å². The fraction of sp³-hybridized carbons (Fsp3) is 0.222. The third kappa shape index (κ3) is 5.32. The SMILES string of the molecule is C[C@H](OC(=O)[C@@H](C)Sc1ccccc1)C(=O)Nc1ccccc1[N+](=O)[O-]. The Bertz CT molecular complexity index is 797. The summed E-state index contributed by atoms with van der Waals surface area (Å²) < 4.78 is 5.18. The van der Waals surface area contributed by atoms with Gasteiger partial charge in [-0.15, -0.1) is 11.8 Å². The van der Waals surface area contributed by atoms with Gasteiger partial charge >= 0.3 is 5.97 Å². The maximum atomic E-state index is 12.2. The number of rotatable bonds is 7. The molecule has 0 aliphatic carbocycles.